The van der Waals surface area contributed by atoms with Gasteiger partial charge in [0.1, 0.15) is 5.58 Å². The topological polar surface area (TPSA) is 43.9 Å². The van der Waals surface area contributed by atoms with Gasteiger partial charge in [-0.2, -0.15) is 0 Å². The maximum absolute atomic E-state index is 8.22. The molecule has 5 heteroatoms. The molecule has 7 aromatic carbocycles. The van der Waals surface area contributed by atoms with Gasteiger partial charge in [-0.3, -0.25) is 0 Å². The van der Waals surface area contributed by atoms with Crippen LogP contribution in [-0.4, -0.2) is 14.5 Å². The summed E-state index contributed by atoms with van der Waals surface area (Å²) < 4.78 is 17.1. The van der Waals surface area contributed by atoms with Crippen molar-refractivity contribution in [3.05, 3.63) is 187 Å². The van der Waals surface area contributed by atoms with Crippen molar-refractivity contribution < 1.29 is 25.9 Å². The van der Waals surface area contributed by atoms with Crippen LogP contribution in [0.15, 0.2) is 168 Å². The molecule has 0 N–H and O–H groups in total. The van der Waals surface area contributed by atoms with Crippen molar-refractivity contribution in [2.45, 2.75) is 39.5 Å². The van der Waals surface area contributed by atoms with Gasteiger partial charge in [-0.15, -0.1) is 47.3 Å². The Hall–Kier alpha value is -6.39. The molecule has 4 heterocycles. The number of para-hydroxylation sites is 2. The van der Waals surface area contributed by atoms with Crippen LogP contribution >= 0.6 is 0 Å². The van der Waals surface area contributed by atoms with Crippen molar-refractivity contribution in [2.24, 2.45) is 0 Å². The van der Waals surface area contributed by atoms with Gasteiger partial charge in [-0.25, -0.2) is 0 Å². The Balaban J connectivity index is 0.000000163. The van der Waals surface area contributed by atoms with E-state index in [0.717, 1.165) is 55.7 Å². The Bertz CT molecular complexity index is 3360. The molecule has 289 valence electrons. The summed E-state index contributed by atoms with van der Waals surface area (Å²) in [5.41, 5.74) is 11.1. The molecule has 0 fully saturated rings. The quantitative estimate of drug-likeness (QED) is 0.128. The molecule has 11 rings (SSSR count). The van der Waals surface area contributed by atoms with Gasteiger partial charge in [0.2, 0.25) is 0 Å². The molecule has 1 radical (unpaired) electrons. The van der Waals surface area contributed by atoms with E-state index in [1.807, 2.05) is 44.3 Å². The zero-order chi connectivity index (χ0) is 40.3. The molecule has 59 heavy (non-hydrogen) atoms. The summed E-state index contributed by atoms with van der Waals surface area (Å²) in [7, 11) is 0. The molecule has 0 aliphatic heterocycles. The number of rotatable bonds is 5. The van der Waals surface area contributed by atoms with E-state index in [1.165, 1.54) is 48.9 Å². The SMILES string of the molecule is CC(C)c1ccnc(-c2[c-]ccc3c2oc2cc4c5ccccc5n(-c5ccccc5)c4cc23)c1.[2H]C(C)(C)c1ccnc(-c2[c-]cc3c(ccc4ccccc43)c2)c1.[Ir]. The fourth-order valence-electron chi connectivity index (χ4n) is 8.17. The van der Waals surface area contributed by atoms with Gasteiger partial charge >= 0.3 is 0 Å². The standard InChI is InChI=1S/C32H23N2O.C22H18N.Ir/c1-20(2)21-15-16-33-28(17-21)25-13-8-12-24-27-18-30-26(19-31(27)35-32(24)25)23-11-6-7-14-29(23)34(30)22-9-4-3-5-10-22;1-15(2)17-11-12-23-22(14-17)19-9-10-21-18(13-19)8-7-16-5-3-4-6-20(16)21;/h3-12,14-20H,1-2H3;3-8,10-15H,1-2H3;/q2*-1;/i;15D;. The third-order valence-corrected chi connectivity index (χ3v) is 11.2. The summed E-state index contributed by atoms with van der Waals surface area (Å²) in [4.78, 5) is 9.13. The van der Waals surface area contributed by atoms with Crippen LogP contribution in [0.4, 0.5) is 0 Å². The fourth-order valence-corrected chi connectivity index (χ4v) is 8.17. The Labute approximate surface area is 358 Å². The van der Waals surface area contributed by atoms with Gasteiger partial charge in [0, 0.05) is 55.7 Å². The van der Waals surface area contributed by atoms with E-state index < -0.39 is 5.89 Å². The van der Waals surface area contributed by atoms with Crippen LogP contribution in [0, 0.1) is 12.1 Å². The zero-order valence-electron chi connectivity index (χ0n) is 34.2. The van der Waals surface area contributed by atoms with Gasteiger partial charge in [-0.05, 0) is 71.1 Å². The van der Waals surface area contributed by atoms with Crippen LogP contribution in [0.3, 0.4) is 0 Å². The van der Waals surface area contributed by atoms with Crippen LogP contribution in [0.2, 0.25) is 0 Å². The first kappa shape index (κ1) is 36.9. The summed E-state index contributed by atoms with van der Waals surface area (Å²) in [5.74, 6) is -0.205. The Morgan fingerprint density at radius 2 is 1.29 bits per heavy atom. The van der Waals surface area contributed by atoms with Gasteiger partial charge in [0.05, 0.1) is 16.6 Å². The van der Waals surface area contributed by atoms with Crippen LogP contribution in [-0.2, 0) is 20.1 Å². The molecule has 0 saturated carbocycles. The van der Waals surface area contributed by atoms with Crippen LogP contribution in [0.5, 0.6) is 0 Å². The van der Waals surface area contributed by atoms with Crippen LogP contribution in [0.25, 0.3) is 93.5 Å². The van der Waals surface area contributed by atoms with E-state index in [1.54, 1.807) is 6.20 Å². The van der Waals surface area contributed by atoms with Crippen molar-refractivity contribution in [3.8, 4) is 28.2 Å². The third kappa shape index (κ3) is 6.91. The average Bonchev–Trinajstić information content (AvgIpc) is 3.80. The number of aromatic nitrogens is 3. The van der Waals surface area contributed by atoms with Crippen molar-refractivity contribution in [3.63, 3.8) is 0 Å². The predicted molar refractivity (Wildman–Crippen MR) is 242 cm³/mol. The van der Waals surface area contributed by atoms with Gasteiger partial charge in [0.25, 0.3) is 0 Å². The maximum Gasteiger partial charge on any atom is 0.121 e. The predicted octanol–water partition coefficient (Wildman–Crippen LogP) is 14.6. The fraction of sp³-hybridized carbons (Fsp3) is 0.111. The molecule has 0 bridgehead atoms. The number of benzene rings is 7. The largest absolute Gasteiger partial charge is 0.501 e. The summed E-state index contributed by atoms with van der Waals surface area (Å²) in [6, 6.07) is 59.4. The molecule has 0 atom stereocenters. The number of hydrogen-bond donors (Lipinski definition) is 0. The van der Waals surface area contributed by atoms with Crippen LogP contribution in [0.1, 0.15) is 52.0 Å². The van der Waals surface area contributed by atoms with Crippen molar-refractivity contribution in [2.75, 3.05) is 0 Å². The van der Waals surface area contributed by atoms with E-state index in [4.69, 9.17) is 5.79 Å². The Morgan fingerprint density at radius 3 is 2.10 bits per heavy atom. The molecule has 0 spiro atoms. The maximum atomic E-state index is 8.22. The van der Waals surface area contributed by atoms with Gasteiger partial charge in [-0.1, -0.05) is 145 Å². The number of pyridine rings is 2. The van der Waals surface area contributed by atoms with Gasteiger partial charge in [0.15, 0.2) is 0 Å². The molecule has 0 saturated heterocycles. The minimum absolute atomic E-state index is 0. The molecule has 0 aliphatic rings. The molecule has 11 aromatic rings. The van der Waals surface area contributed by atoms with Crippen molar-refractivity contribution in [1.29, 1.82) is 0 Å². The van der Waals surface area contributed by atoms with E-state index in [2.05, 4.69) is 168 Å². The summed E-state index contributed by atoms with van der Waals surface area (Å²) in [6.45, 7) is 8.18. The summed E-state index contributed by atoms with van der Waals surface area (Å²) in [6.07, 6.45) is 3.66. The van der Waals surface area contributed by atoms with E-state index in [-0.39, 0.29) is 20.1 Å². The number of hydrogen-bond acceptors (Lipinski definition) is 3. The first-order chi connectivity index (χ1) is 28.7. The first-order valence-corrected chi connectivity index (χ1v) is 19.8. The Kier molecular flexibility index (Phi) is 9.86. The molecule has 0 amide bonds. The normalized spacial score (nSPS) is 12.0. The zero-order valence-corrected chi connectivity index (χ0v) is 35.6. The number of nitrogens with zero attached hydrogens (tertiary/aromatic N) is 3. The molecule has 4 nitrogen and oxygen atoms in total. The van der Waals surface area contributed by atoms with E-state index >= 15 is 0 Å². The second-order valence-electron chi connectivity index (χ2n) is 15.4. The molecular formula is C54H41IrN3O-2. The minimum Gasteiger partial charge on any atom is -0.501 e. The Morgan fingerprint density at radius 1 is 0.576 bits per heavy atom. The van der Waals surface area contributed by atoms with Crippen LogP contribution < -0.4 is 0 Å². The van der Waals surface area contributed by atoms with E-state index in [9.17, 15) is 0 Å². The summed E-state index contributed by atoms with van der Waals surface area (Å²) in [5, 5.41) is 9.44. The van der Waals surface area contributed by atoms with Crippen molar-refractivity contribution in [1.82, 2.24) is 14.5 Å². The molecule has 4 aromatic heterocycles. The minimum atomic E-state index is -0.634. The van der Waals surface area contributed by atoms with E-state index in [0.29, 0.717) is 5.92 Å². The monoisotopic (exact) mass is 941 g/mol. The third-order valence-electron chi connectivity index (χ3n) is 11.2. The second-order valence-corrected chi connectivity index (χ2v) is 15.4. The number of furan rings is 1. The first-order valence-electron chi connectivity index (χ1n) is 20.3. The molecule has 0 aliphatic carbocycles. The van der Waals surface area contributed by atoms with Gasteiger partial charge < -0.3 is 19.0 Å². The van der Waals surface area contributed by atoms with Crippen molar-refractivity contribution >= 4 is 65.3 Å². The average molecular weight is 941 g/mol. The molecule has 0 unspecified atom stereocenters. The smallest absolute Gasteiger partial charge is 0.121 e. The second kappa shape index (κ2) is 15.8. The summed E-state index contributed by atoms with van der Waals surface area (Å²) >= 11 is 0. The number of fused-ring (bicyclic) bond motifs is 9. The molecular weight excluding hydrogens is 899 g/mol.